The van der Waals surface area contributed by atoms with Crippen LogP contribution in [0.1, 0.15) is 41.0 Å². The number of rotatable bonds is 4. The number of hydrogen-bond donors (Lipinski definition) is 2. The van der Waals surface area contributed by atoms with E-state index in [0.717, 1.165) is 6.42 Å². The van der Waals surface area contributed by atoms with Crippen LogP contribution < -0.4 is 5.32 Å². The Bertz CT molecular complexity index is 172. The van der Waals surface area contributed by atoms with Crippen molar-refractivity contribution in [1.82, 2.24) is 5.32 Å². The Morgan fingerprint density at radius 3 is 2.15 bits per heavy atom. The van der Waals surface area contributed by atoms with E-state index < -0.39 is 12.0 Å². The summed E-state index contributed by atoms with van der Waals surface area (Å²) in [5.41, 5.74) is -0.146. The van der Waals surface area contributed by atoms with Gasteiger partial charge in [-0.15, -0.1) is 0 Å². The van der Waals surface area contributed by atoms with Crippen LogP contribution in [-0.2, 0) is 4.79 Å². The third-order valence-electron chi connectivity index (χ3n) is 2.07. The van der Waals surface area contributed by atoms with E-state index in [9.17, 15) is 4.79 Å². The summed E-state index contributed by atoms with van der Waals surface area (Å²) in [6.45, 7) is 9.89. The second kappa shape index (κ2) is 4.61. The van der Waals surface area contributed by atoms with Crippen molar-refractivity contribution in [2.45, 2.75) is 52.6 Å². The molecule has 78 valence electrons. The van der Waals surface area contributed by atoms with Gasteiger partial charge in [-0.05, 0) is 26.7 Å². The first-order chi connectivity index (χ1) is 5.78. The lowest BCUT2D eigenvalue weighted by Gasteiger charge is -2.29. The molecule has 0 aliphatic heterocycles. The predicted octanol–water partition coefficient (Wildman–Crippen LogP) is 1.87. The highest BCUT2D eigenvalue weighted by atomic mass is 16.4. The number of carboxylic acids is 1. The van der Waals surface area contributed by atoms with E-state index in [1.54, 1.807) is 0 Å². The van der Waals surface area contributed by atoms with Gasteiger partial charge in [-0.25, -0.2) is 0 Å². The van der Waals surface area contributed by atoms with Gasteiger partial charge in [0.05, 0.1) is 0 Å². The van der Waals surface area contributed by atoms with Gasteiger partial charge in [-0.3, -0.25) is 10.1 Å². The van der Waals surface area contributed by atoms with Crippen LogP contribution in [0.5, 0.6) is 0 Å². The Morgan fingerprint density at radius 1 is 1.46 bits per heavy atom. The first-order valence-electron chi connectivity index (χ1n) is 4.78. The lowest BCUT2D eigenvalue weighted by molar-refractivity contribution is -0.141. The molecule has 1 unspecified atom stereocenters. The van der Waals surface area contributed by atoms with Gasteiger partial charge in [0.1, 0.15) is 6.04 Å². The van der Waals surface area contributed by atoms with E-state index in [0.29, 0.717) is 0 Å². The van der Waals surface area contributed by atoms with E-state index in [1.807, 2.05) is 34.6 Å². The predicted molar refractivity (Wildman–Crippen MR) is 53.8 cm³/mol. The van der Waals surface area contributed by atoms with Crippen molar-refractivity contribution < 1.29 is 9.90 Å². The highest BCUT2D eigenvalue weighted by molar-refractivity contribution is 5.73. The minimum absolute atomic E-state index is 0.146. The molecular formula is C10H21NO2. The molecule has 0 aliphatic rings. The fraction of sp³-hybridized carbons (Fsp3) is 0.900. The average Bonchev–Trinajstić information content (AvgIpc) is 1.96. The van der Waals surface area contributed by atoms with Crippen molar-refractivity contribution >= 4 is 5.97 Å². The lowest BCUT2D eigenvalue weighted by Crippen LogP contribution is -2.50. The van der Waals surface area contributed by atoms with Crippen LogP contribution >= 0.6 is 0 Å². The Kier molecular flexibility index (Phi) is 4.40. The molecule has 2 atom stereocenters. The molecular weight excluding hydrogens is 166 g/mol. The fourth-order valence-corrected chi connectivity index (χ4v) is 1.15. The standard InChI is InChI=1S/C10H21NO2/c1-6-7(2)8(9(12)13)11-10(3,4)5/h7-8,11H,6H2,1-5H3,(H,12,13)/t7?,8-/m0/s1. The minimum Gasteiger partial charge on any atom is -0.480 e. The van der Waals surface area contributed by atoms with Crippen molar-refractivity contribution in [2.24, 2.45) is 5.92 Å². The summed E-state index contributed by atoms with van der Waals surface area (Å²) in [5.74, 6) is -0.596. The first kappa shape index (κ1) is 12.4. The van der Waals surface area contributed by atoms with Gasteiger partial charge in [-0.2, -0.15) is 0 Å². The van der Waals surface area contributed by atoms with Gasteiger partial charge >= 0.3 is 5.97 Å². The quantitative estimate of drug-likeness (QED) is 0.706. The molecule has 3 heteroatoms. The lowest BCUT2D eigenvalue weighted by atomic mass is 9.96. The van der Waals surface area contributed by atoms with Gasteiger partial charge in [-0.1, -0.05) is 20.3 Å². The highest BCUT2D eigenvalue weighted by Gasteiger charge is 2.27. The first-order valence-corrected chi connectivity index (χ1v) is 4.78. The van der Waals surface area contributed by atoms with Crippen molar-refractivity contribution in [3.8, 4) is 0 Å². The van der Waals surface area contributed by atoms with Crippen molar-refractivity contribution in [3.63, 3.8) is 0 Å². The Balaban J connectivity index is 4.36. The van der Waals surface area contributed by atoms with E-state index in [4.69, 9.17) is 5.11 Å². The Labute approximate surface area is 80.5 Å². The summed E-state index contributed by atoms with van der Waals surface area (Å²) in [7, 11) is 0. The molecule has 0 aliphatic carbocycles. The number of hydrogen-bond acceptors (Lipinski definition) is 2. The van der Waals surface area contributed by atoms with Gasteiger partial charge in [0, 0.05) is 5.54 Å². The summed E-state index contributed by atoms with van der Waals surface area (Å²) in [6.07, 6.45) is 0.875. The van der Waals surface area contributed by atoms with Gasteiger partial charge in [0.15, 0.2) is 0 Å². The number of aliphatic carboxylic acids is 1. The normalized spacial score (nSPS) is 16.7. The smallest absolute Gasteiger partial charge is 0.320 e. The number of carbonyl (C=O) groups is 1. The van der Waals surface area contributed by atoms with Crippen molar-refractivity contribution in [3.05, 3.63) is 0 Å². The van der Waals surface area contributed by atoms with Crippen LogP contribution in [0, 0.1) is 5.92 Å². The van der Waals surface area contributed by atoms with Crippen molar-refractivity contribution in [2.75, 3.05) is 0 Å². The molecule has 0 heterocycles. The Hall–Kier alpha value is -0.570. The van der Waals surface area contributed by atoms with Crippen molar-refractivity contribution in [1.29, 1.82) is 0 Å². The maximum absolute atomic E-state index is 10.9. The third-order valence-corrected chi connectivity index (χ3v) is 2.07. The van der Waals surface area contributed by atoms with E-state index in [1.165, 1.54) is 0 Å². The van der Waals surface area contributed by atoms with Gasteiger partial charge in [0.25, 0.3) is 0 Å². The molecule has 0 saturated carbocycles. The zero-order chi connectivity index (χ0) is 10.6. The second-order valence-electron chi connectivity index (χ2n) is 4.60. The summed E-state index contributed by atoms with van der Waals surface area (Å²) < 4.78 is 0. The molecule has 13 heavy (non-hydrogen) atoms. The van der Waals surface area contributed by atoms with Crippen LogP contribution in [0.3, 0.4) is 0 Å². The van der Waals surface area contributed by atoms with Crippen LogP contribution in [0.4, 0.5) is 0 Å². The molecule has 2 N–H and O–H groups in total. The molecule has 3 nitrogen and oxygen atoms in total. The largest absolute Gasteiger partial charge is 0.480 e. The van der Waals surface area contributed by atoms with E-state index >= 15 is 0 Å². The van der Waals surface area contributed by atoms with Crippen LogP contribution in [0.2, 0.25) is 0 Å². The van der Waals surface area contributed by atoms with Gasteiger partial charge in [0.2, 0.25) is 0 Å². The van der Waals surface area contributed by atoms with E-state index in [2.05, 4.69) is 5.32 Å². The SMILES string of the molecule is CCC(C)[C@H](NC(C)(C)C)C(=O)O. The number of nitrogens with one attached hydrogen (secondary N) is 1. The summed E-state index contributed by atoms with van der Waals surface area (Å²) in [4.78, 5) is 10.9. The molecule has 0 fully saturated rings. The third kappa shape index (κ3) is 4.88. The van der Waals surface area contributed by atoms with Crippen LogP contribution in [0.25, 0.3) is 0 Å². The van der Waals surface area contributed by atoms with E-state index in [-0.39, 0.29) is 11.5 Å². The molecule has 0 radical (unpaired) electrons. The highest BCUT2D eigenvalue weighted by Crippen LogP contribution is 2.12. The summed E-state index contributed by atoms with van der Waals surface area (Å²) in [6, 6.07) is -0.440. The molecule has 0 aromatic carbocycles. The minimum atomic E-state index is -0.760. The molecule has 0 bridgehead atoms. The molecule has 0 aromatic rings. The topological polar surface area (TPSA) is 49.3 Å². The van der Waals surface area contributed by atoms with Gasteiger partial charge < -0.3 is 5.11 Å². The zero-order valence-electron chi connectivity index (χ0n) is 9.22. The Morgan fingerprint density at radius 2 is 1.92 bits per heavy atom. The maximum atomic E-state index is 10.9. The fourth-order valence-electron chi connectivity index (χ4n) is 1.15. The summed E-state index contributed by atoms with van der Waals surface area (Å²) >= 11 is 0. The number of carboxylic acid groups (broad SMARTS) is 1. The monoisotopic (exact) mass is 187 g/mol. The molecule has 0 amide bonds. The zero-order valence-corrected chi connectivity index (χ0v) is 9.22. The van der Waals surface area contributed by atoms with Crippen LogP contribution in [0.15, 0.2) is 0 Å². The van der Waals surface area contributed by atoms with Crippen LogP contribution in [-0.4, -0.2) is 22.7 Å². The summed E-state index contributed by atoms with van der Waals surface area (Å²) in [5, 5.41) is 12.1. The molecule has 0 saturated heterocycles. The second-order valence-corrected chi connectivity index (χ2v) is 4.60. The maximum Gasteiger partial charge on any atom is 0.320 e. The average molecular weight is 187 g/mol. The molecule has 0 rings (SSSR count). The molecule has 0 aromatic heterocycles. The molecule has 0 spiro atoms.